The molecule has 1 unspecified atom stereocenters. The maximum atomic E-state index is 12.7. The Kier molecular flexibility index (Phi) is 2.92. The van der Waals surface area contributed by atoms with E-state index >= 15 is 0 Å². The molecule has 0 N–H and O–H groups in total. The second kappa shape index (κ2) is 5.17. The fourth-order valence-corrected chi connectivity index (χ4v) is 3.84. The second-order valence-corrected chi connectivity index (χ2v) is 6.25. The van der Waals surface area contributed by atoms with Gasteiger partial charge in [0.15, 0.2) is 6.61 Å². The second-order valence-electron chi connectivity index (χ2n) is 6.25. The Bertz CT molecular complexity index is 1200. The van der Waals surface area contributed by atoms with Gasteiger partial charge in [0, 0.05) is 11.1 Å². The molecular weight excluding hydrogens is 328 g/mol. The van der Waals surface area contributed by atoms with Crippen LogP contribution in [-0.4, -0.2) is 18.8 Å². The van der Waals surface area contributed by atoms with Gasteiger partial charge >= 0.3 is 5.97 Å². The molecule has 1 aliphatic carbocycles. The number of oxime groups is 1. The lowest BCUT2D eigenvalue weighted by Gasteiger charge is -2.23. The topological polar surface area (TPSA) is 71.7 Å². The van der Waals surface area contributed by atoms with Crippen molar-refractivity contribution in [2.75, 3.05) is 6.61 Å². The Labute approximate surface area is 148 Å². The number of nitrogens with zero attached hydrogens (tertiary/aromatic N) is 2. The molecule has 0 amide bonds. The third kappa shape index (κ3) is 1.73. The van der Waals surface area contributed by atoms with E-state index in [2.05, 4.69) is 29.4 Å². The van der Waals surface area contributed by atoms with Crippen LogP contribution in [-0.2, 0) is 20.0 Å². The highest BCUT2D eigenvalue weighted by atomic mass is 16.7. The molecule has 2 aliphatic rings. The molecule has 3 aromatic carbocycles. The van der Waals surface area contributed by atoms with Gasteiger partial charge in [-0.05, 0) is 33.2 Å². The Hall–Kier alpha value is -3.65. The number of fused-ring (bicyclic) bond motifs is 7. The summed E-state index contributed by atoms with van der Waals surface area (Å²) in [5, 5.41) is 17.0. The standard InChI is InChI=1S/C21H12N2O3/c22-9-10-25-20(24)21-14(12-23-26-21)11-18-17-6-5-13-3-1-2-4-15(13)16(17)7-8-19(18)21/h1-8,11-12H,10H2. The zero-order valence-corrected chi connectivity index (χ0v) is 13.6. The number of ether oxygens (including phenoxy) is 1. The van der Waals surface area contributed by atoms with E-state index in [1.165, 1.54) is 6.21 Å². The number of esters is 1. The van der Waals surface area contributed by atoms with Gasteiger partial charge in [-0.2, -0.15) is 5.26 Å². The summed E-state index contributed by atoms with van der Waals surface area (Å²) < 4.78 is 5.07. The van der Waals surface area contributed by atoms with Gasteiger partial charge in [-0.15, -0.1) is 0 Å². The Balaban J connectivity index is 1.78. The van der Waals surface area contributed by atoms with Gasteiger partial charge in [0.1, 0.15) is 6.07 Å². The third-order valence-corrected chi connectivity index (χ3v) is 4.99. The van der Waals surface area contributed by atoms with Crippen molar-refractivity contribution >= 4 is 39.8 Å². The molecule has 3 aromatic rings. The number of nitriles is 1. The first-order valence-corrected chi connectivity index (χ1v) is 8.18. The lowest BCUT2D eigenvalue weighted by atomic mass is 9.88. The van der Waals surface area contributed by atoms with Gasteiger partial charge in [-0.3, -0.25) is 0 Å². The lowest BCUT2D eigenvalue weighted by molar-refractivity contribution is -0.165. The minimum Gasteiger partial charge on any atom is -0.447 e. The summed E-state index contributed by atoms with van der Waals surface area (Å²) >= 11 is 0. The first-order chi connectivity index (χ1) is 12.8. The molecule has 5 heteroatoms. The minimum absolute atomic E-state index is 0.329. The van der Waals surface area contributed by atoms with Gasteiger partial charge in [0.2, 0.25) is 0 Å². The third-order valence-electron chi connectivity index (χ3n) is 4.99. The average molecular weight is 340 g/mol. The number of hydrogen-bond donors (Lipinski definition) is 0. The predicted octanol–water partition coefficient (Wildman–Crippen LogP) is 3.67. The number of rotatable bonds is 2. The summed E-state index contributed by atoms with van der Waals surface area (Å²) in [5.41, 5.74) is 0.821. The van der Waals surface area contributed by atoms with E-state index in [1.54, 1.807) is 0 Å². The van der Waals surface area contributed by atoms with Crippen molar-refractivity contribution in [3.8, 4) is 6.07 Å². The highest BCUT2D eigenvalue weighted by Gasteiger charge is 2.55. The van der Waals surface area contributed by atoms with Crippen LogP contribution in [0.4, 0.5) is 0 Å². The van der Waals surface area contributed by atoms with Crippen molar-refractivity contribution in [2.45, 2.75) is 5.60 Å². The molecule has 124 valence electrons. The summed E-state index contributed by atoms with van der Waals surface area (Å²) in [4.78, 5) is 18.2. The van der Waals surface area contributed by atoms with Gasteiger partial charge in [0.25, 0.3) is 5.60 Å². The van der Waals surface area contributed by atoms with Crippen LogP contribution < -0.4 is 0 Å². The van der Waals surface area contributed by atoms with Crippen LogP contribution in [0.15, 0.2) is 59.3 Å². The van der Waals surface area contributed by atoms with Gasteiger partial charge in [-0.1, -0.05) is 53.7 Å². The SMILES string of the molecule is N#CCOC(=O)C12ON=CC1=Cc1c2ccc2c1ccc1ccccc12. The molecule has 0 spiro atoms. The average Bonchev–Trinajstić information content (AvgIpc) is 3.23. The van der Waals surface area contributed by atoms with Crippen LogP contribution in [0.3, 0.4) is 0 Å². The predicted molar refractivity (Wildman–Crippen MR) is 97.3 cm³/mol. The van der Waals surface area contributed by atoms with Crippen molar-refractivity contribution in [3.63, 3.8) is 0 Å². The summed E-state index contributed by atoms with van der Waals surface area (Å²) in [6.07, 6.45) is 3.44. The van der Waals surface area contributed by atoms with Crippen molar-refractivity contribution in [3.05, 3.63) is 65.2 Å². The Morgan fingerprint density at radius 3 is 2.85 bits per heavy atom. The fourth-order valence-electron chi connectivity index (χ4n) is 3.84. The molecule has 0 saturated carbocycles. The number of hydrogen-bond acceptors (Lipinski definition) is 5. The molecule has 26 heavy (non-hydrogen) atoms. The Morgan fingerprint density at radius 2 is 1.96 bits per heavy atom. The molecule has 5 nitrogen and oxygen atoms in total. The van der Waals surface area contributed by atoms with Crippen LogP contribution in [0.1, 0.15) is 11.1 Å². The van der Waals surface area contributed by atoms with Crippen molar-refractivity contribution in [1.82, 2.24) is 0 Å². The molecule has 1 atom stereocenters. The molecule has 0 saturated heterocycles. The molecule has 0 aromatic heterocycles. The van der Waals surface area contributed by atoms with E-state index in [0.717, 1.165) is 27.1 Å². The minimum atomic E-state index is -1.41. The number of carbonyl (C=O) groups excluding carboxylic acids is 1. The molecule has 5 rings (SSSR count). The van der Waals surface area contributed by atoms with E-state index in [9.17, 15) is 4.79 Å². The van der Waals surface area contributed by atoms with Crippen LogP contribution >= 0.6 is 0 Å². The maximum Gasteiger partial charge on any atom is 0.364 e. The van der Waals surface area contributed by atoms with E-state index in [4.69, 9.17) is 14.8 Å². The smallest absolute Gasteiger partial charge is 0.364 e. The number of benzene rings is 3. The molecule has 0 radical (unpaired) electrons. The van der Waals surface area contributed by atoms with Gasteiger partial charge < -0.3 is 9.57 Å². The van der Waals surface area contributed by atoms with Gasteiger partial charge in [0.05, 0.1) is 6.21 Å². The zero-order valence-electron chi connectivity index (χ0n) is 13.6. The monoisotopic (exact) mass is 340 g/mol. The maximum absolute atomic E-state index is 12.7. The van der Waals surface area contributed by atoms with E-state index < -0.39 is 11.6 Å². The van der Waals surface area contributed by atoms with Crippen LogP contribution in [0.25, 0.3) is 27.6 Å². The van der Waals surface area contributed by atoms with Crippen LogP contribution in [0.2, 0.25) is 0 Å². The summed E-state index contributed by atoms with van der Waals surface area (Å²) in [6.45, 7) is -0.329. The molecular formula is C21H12N2O3. The van der Waals surface area contributed by atoms with Crippen LogP contribution in [0.5, 0.6) is 0 Å². The molecule has 0 bridgehead atoms. The van der Waals surface area contributed by atoms with E-state index in [1.807, 2.05) is 36.4 Å². The van der Waals surface area contributed by atoms with Crippen molar-refractivity contribution < 1.29 is 14.4 Å². The first kappa shape index (κ1) is 14.7. The first-order valence-electron chi connectivity index (χ1n) is 8.18. The molecule has 1 heterocycles. The van der Waals surface area contributed by atoms with Gasteiger partial charge in [-0.25, -0.2) is 4.79 Å². The molecule has 0 fully saturated rings. The largest absolute Gasteiger partial charge is 0.447 e. The normalized spacial score (nSPS) is 19.6. The number of carbonyl (C=O) groups is 1. The summed E-state index contributed by atoms with van der Waals surface area (Å²) in [7, 11) is 0. The zero-order chi connectivity index (χ0) is 17.7. The van der Waals surface area contributed by atoms with Crippen LogP contribution in [0, 0.1) is 11.3 Å². The highest BCUT2D eigenvalue weighted by Crippen LogP contribution is 2.48. The fraction of sp³-hybridized carbons (Fsp3) is 0.0952. The molecule has 1 aliphatic heterocycles. The highest BCUT2D eigenvalue weighted by molar-refractivity contribution is 6.14. The van der Waals surface area contributed by atoms with Crippen molar-refractivity contribution in [2.24, 2.45) is 5.16 Å². The van der Waals surface area contributed by atoms with E-state index in [0.29, 0.717) is 11.1 Å². The summed E-state index contributed by atoms with van der Waals surface area (Å²) in [5.74, 6) is -0.623. The van der Waals surface area contributed by atoms with E-state index in [-0.39, 0.29) is 6.61 Å². The summed E-state index contributed by atoms with van der Waals surface area (Å²) in [6, 6.07) is 18.0. The quantitative estimate of drug-likeness (QED) is 0.527. The Morgan fingerprint density at radius 1 is 1.12 bits per heavy atom. The lowest BCUT2D eigenvalue weighted by Crippen LogP contribution is -2.37. The van der Waals surface area contributed by atoms with Crippen molar-refractivity contribution in [1.29, 1.82) is 5.26 Å².